The Labute approximate surface area is 118 Å². The first kappa shape index (κ1) is 15.3. The molecule has 2 rings (SSSR count). The summed E-state index contributed by atoms with van der Waals surface area (Å²) in [5.74, 6) is -1.36. The van der Waals surface area contributed by atoms with E-state index in [0.29, 0.717) is 0 Å². The summed E-state index contributed by atoms with van der Waals surface area (Å²) in [4.78, 5) is 8.05. The van der Waals surface area contributed by atoms with Gasteiger partial charge in [-0.25, -0.2) is 0 Å². The zero-order valence-corrected chi connectivity index (χ0v) is 11.6. The molecule has 0 fully saturated rings. The number of aromatic hydroxyl groups is 1. The van der Waals surface area contributed by atoms with Gasteiger partial charge >= 0.3 is 0 Å². The normalized spacial score (nSPS) is 12.5. The smallest absolute Gasteiger partial charge is 0.299 e. The molecule has 11 heteroatoms. The van der Waals surface area contributed by atoms with Crippen molar-refractivity contribution < 1.29 is 31.0 Å². The Hall–Kier alpha value is -2.08. The van der Waals surface area contributed by atoms with E-state index in [-0.39, 0.29) is 10.8 Å². The van der Waals surface area contributed by atoms with Gasteiger partial charge in [-0.2, -0.15) is 16.8 Å². The Bertz CT molecular complexity index is 962. The van der Waals surface area contributed by atoms with Gasteiger partial charge in [0.1, 0.15) is 4.90 Å². The molecule has 0 amide bonds. The van der Waals surface area contributed by atoms with Gasteiger partial charge in [-0.05, 0) is 5.18 Å². The van der Waals surface area contributed by atoms with E-state index in [4.69, 9.17) is 4.55 Å². The Morgan fingerprint density at radius 2 is 1.33 bits per heavy atom. The molecule has 0 aromatic heterocycles. The lowest BCUT2D eigenvalue weighted by atomic mass is 10.1. The van der Waals surface area contributed by atoms with E-state index in [1.165, 1.54) is 18.2 Å². The zero-order valence-electron chi connectivity index (χ0n) is 9.96. The third-order valence-electron chi connectivity index (χ3n) is 2.68. The Kier molecular flexibility index (Phi) is 3.45. The number of hydrogen-bond donors (Lipinski definition) is 3. The SMILES string of the molecule is O=Nc1c(O)c(S(=O)(=O)O)c(S(=O)(=O)O)c2ccccc12. The van der Waals surface area contributed by atoms with E-state index in [0.717, 1.165) is 6.07 Å². The van der Waals surface area contributed by atoms with Crippen LogP contribution in [0.15, 0.2) is 39.2 Å². The van der Waals surface area contributed by atoms with Crippen LogP contribution < -0.4 is 0 Å². The van der Waals surface area contributed by atoms with Crippen LogP contribution in [-0.4, -0.2) is 31.0 Å². The minimum Gasteiger partial charge on any atom is -0.504 e. The molecule has 0 saturated carbocycles. The number of fused-ring (bicyclic) bond motifs is 1. The standard InChI is InChI=1S/C10H7NO8S2/c12-8-7(11-13)5-3-1-2-4-6(5)9(20(14,15)16)10(8)21(17,18)19/h1-4,12H,(H,14,15,16)(H,17,18,19). The Morgan fingerprint density at radius 1 is 0.857 bits per heavy atom. The number of nitroso groups, excluding NO2 is 1. The van der Waals surface area contributed by atoms with Crippen molar-refractivity contribution in [2.75, 3.05) is 0 Å². The third-order valence-corrected chi connectivity index (χ3v) is 4.66. The highest BCUT2D eigenvalue weighted by Gasteiger charge is 2.33. The highest BCUT2D eigenvalue weighted by atomic mass is 32.2. The first-order valence-electron chi connectivity index (χ1n) is 5.15. The fourth-order valence-electron chi connectivity index (χ4n) is 1.94. The monoisotopic (exact) mass is 333 g/mol. The van der Waals surface area contributed by atoms with Gasteiger partial charge in [0, 0.05) is 10.8 Å². The highest BCUT2D eigenvalue weighted by molar-refractivity contribution is 7.89. The quantitative estimate of drug-likeness (QED) is 0.562. The molecule has 2 aromatic carbocycles. The van der Waals surface area contributed by atoms with Crippen molar-refractivity contribution in [1.29, 1.82) is 0 Å². The van der Waals surface area contributed by atoms with Crippen LogP contribution in [0, 0.1) is 4.91 Å². The van der Waals surface area contributed by atoms with Crippen LogP contribution in [-0.2, 0) is 20.2 Å². The average molecular weight is 333 g/mol. The number of benzene rings is 2. The molecule has 0 radical (unpaired) electrons. The summed E-state index contributed by atoms with van der Waals surface area (Å²) in [6.45, 7) is 0. The topological polar surface area (TPSA) is 158 Å². The molecule has 9 nitrogen and oxygen atoms in total. The maximum absolute atomic E-state index is 11.4. The molecule has 0 aliphatic carbocycles. The zero-order chi connectivity index (χ0) is 16.0. The second kappa shape index (κ2) is 4.73. The van der Waals surface area contributed by atoms with Crippen molar-refractivity contribution in [1.82, 2.24) is 0 Å². The summed E-state index contributed by atoms with van der Waals surface area (Å²) >= 11 is 0. The van der Waals surface area contributed by atoms with Crippen molar-refractivity contribution in [2.45, 2.75) is 9.79 Å². The molecule has 0 bridgehead atoms. The summed E-state index contributed by atoms with van der Waals surface area (Å²) in [5.41, 5.74) is -0.773. The molecule has 0 aliphatic heterocycles. The summed E-state index contributed by atoms with van der Waals surface area (Å²) in [5, 5.41) is 11.6. The van der Waals surface area contributed by atoms with E-state index in [1.807, 2.05) is 0 Å². The van der Waals surface area contributed by atoms with Crippen molar-refractivity contribution in [3.63, 3.8) is 0 Å². The lowest BCUT2D eigenvalue weighted by molar-refractivity contribution is 0.433. The maximum Gasteiger partial charge on any atom is 0.299 e. The second-order valence-electron chi connectivity index (χ2n) is 3.94. The Balaban J connectivity index is 3.30. The first-order valence-corrected chi connectivity index (χ1v) is 8.03. The molecular weight excluding hydrogens is 326 g/mol. The number of rotatable bonds is 3. The van der Waals surface area contributed by atoms with Crippen molar-refractivity contribution in [3.8, 4) is 5.75 Å². The lowest BCUT2D eigenvalue weighted by Gasteiger charge is -2.12. The predicted octanol–water partition coefficient (Wildman–Crippen LogP) is 1.44. The lowest BCUT2D eigenvalue weighted by Crippen LogP contribution is -2.09. The molecule has 3 N–H and O–H groups in total. The van der Waals surface area contributed by atoms with Gasteiger partial charge in [0.05, 0.1) is 0 Å². The van der Waals surface area contributed by atoms with Gasteiger partial charge in [0.25, 0.3) is 20.2 Å². The molecule has 0 aliphatic rings. The molecule has 0 atom stereocenters. The van der Waals surface area contributed by atoms with Crippen LogP contribution in [0.25, 0.3) is 10.8 Å². The number of nitrogens with zero attached hydrogens (tertiary/aromatic N) is 1. The van der Waals surface area contributed by atoms with Gasteiger partial charge < -0.3 is 5.11 Å². The molecule has 0 heterocycles. The molecule has 21 heavy (non-hydrogen) atoms. The first-order chi connectivity index (χ1) is 9.59. The summed E-state index contributed by atoms with van der Waals surface area (Å²) in [7, 11) is -10.4. The van der Waals surface area contributed by atoms with Gasteiger partial charge in [-0.3, -0.25) is 9.11 Å². The van der Waals surface area contributed by atoms with E-state index < -0.39 is 41.5 Å². The van der Waals surface area contributed by atoms with Crippen LogP contribution in [0.1, 0.15) is 0 Å². The van der Waals surface area contributed by atoms with Crippen LogP contribution in [0.3, 0.4) is 0 Å². The molecule has 2 aromatic rings. The molecule has 112 valence electrons. The largest absolute Gasteiger partial charge is 0.504 e. The minimum atomic E-state index is -5.26. The van der Waals surface area contributed by atoms with Gasteiger partial charge in [0.2, 0.25) is 0 Å². The molecule has 0 unspecified atom stereocenters. The fraction of sp³-hybridized carbons (Fsp3) is 0. The fourth-order valence-corrected chi connectivity index (χ4v) is 4.04. The van der Waals surface area contributed by atoms with Crippen LogP contribution >= 0.6 is 0 Å². The van der Waals surface area contributed by atoms with Gasteiger partial charge in [0.15, 0.2) is 16.3 Å². The number of hydrogen-bond acceptors (Lipinski definition) is 7. The van der Waals surface area contributed by atoms with E-state index in [9.17, 15) is 31.4 Å². The summed E-state index contributed by atoms with van der Waals surface area (Å²) in [6.07, 6.45) is 0. The summed E-state index contributed by atoms with van der Waals surface area (Å²) in [6, 6.07) is 4.95. The van der Waals surface area contributed by atoms with Crippen LogP contribution in [0.5, 0.6) is 5.75 Å². The third kappa shape index (κ3) is 2.47. The summed E-state index contributed by atoms with van der Waals surface area (Å²) < 4.78 is 63.8. The van der Waals surface area contributed by atoms with Gasteiger partial charge in [-0.15, -0.1) is 4.91 Å². The van der Waals surface area contributed by atoms with Crippen molar-refractivity contribution in [3.05, 3.63) is 29.2 Å². The predicted molar refractivity (Wildman–Crippen MR) is 70.7 cm³/mol. The van der Waals surface area contributed by atoms with E-state index in [2.05, 4.69) is 5.18 Å². The van der Waals surface area contributed by atoms with Crippen LogP contribution in [0.4, 0.5) is 5.69 Å². The maximum atomic E-state index is 11.4. The molecule has 0 spiro atoms. The van der Waals surface area contributed by atoms with Crippen molar-refractivity contribution in [2.24, 2.45) is 5.18 Å². The molecule has 0 saturated heterocycles. The number of phenolic OH excluding ortho intramolecular Hbond substituents is 1. The highest BCUT2D eigenvalue weighted by Crippen LogP contribution is 2.45. The van der Waals surface area contributed by atoms with Crippen molar-refractivity contribution >= 4 is 36.7 Å². The molecular formula is C10H7NO8S2. The van der Waals surface area contributed by atoms with E-state index >= 15 is 0 Å². The van der Waals surface area contributed by atoms with Gasteiger partial charge in [-0.1, -0.05) is 24.3 Å². The Morgan fingerprint density at radius 3 is 1.76 bits per heavy atom. The average Bonchev–Trinajstić information content (AvgIpc) is 2.34. The van der Waals surface area contributed by atoms with E-state index in [1.54, 1.807) is 0 Å². The second-order valence-corrected chi connectivity index (χ2v) is 6.66. The van der Waals surface area contributed by atoms with Crippen LogP contribution in [0.2, 0.25) is 0 Å². The number of phenols is 1. The minimum absolute atomic E-state index is 0.204.